The van der Waals surface area contributed by atoms with E-state index < -0.39 is 5.82 Å². The standard InChI is InChI=1S/C12H12FN3O/c1-3-10-15-11(7(2)12(17)16-10)8-4-5-14-6-9(8)13/h4-6H,3H2,1-2H3,(H,15,16,17). The zero-order valence-corrected chi connectivity index (χ0v) is 9.62. The van der Waals surface area contributed by atoms with Crippen LogP contribution >= 0.6 is 0 Å². The predicted molar refractivity (Wildman–Crippen MR) is 62.2 cm³/mol. The smallest absolute Gasteiger partial charge is 0.254 e. The van der Waals surface area contributed by atoms with Crippen LogP contribution in [0, 0.1) is 12.7 Å². The lowest BCUT2D eigenvalue weighted by molar-refractivity contribution is 0.624. The van der Waals surface area contributed by atoms with Crippen LogP contribution in [0.15, 0.2) is 23.3 Å². The zero-order valence-electron chi connectivity index (χ0n) is 9.62. The molecule has 4 nitrogen and oxygen atoms in total. The van der Waals surface area contributed by atoms with Crippen LogP contribution < -0.4 is 5.56 Å². The van der Waals surface area contributed by atoms with E-state index in [1.54, 1.807) is 6.92 Å². The Hall–Kier alpha value is -2.04. The van der Waals surface area contributed by atoms with Crippen LogP contribution in [0.1, 0.15) is 18.3 Å². The van der Waals surface area contributed by atoms with Crippen LogP contribution in [-0.2, 0) is 6.42 Å². The fourth-order valence-corrected chi connectivity index (χ4v) is 1.58. The van der Waals surface area contributed by atoms with Gasteiger partial charge in [0.15, 0.2) is 5.82 Å². The molecule has 0 unspecified atom stereocenters. The summed E-state index contributed by atoms with van der Waals surface area (Å²) in [6, 6.07) is 1.52. The summed E-state index contributed by atoms with van der Waals surface area (Å²) in [4.78, 5) is 22.3. The van der Waals surface area contributed by atoms with Gasteiger partial charge in [-0.2, -0.15) is 0 Å². The summed E-state index contributed by atoms with van der Waals surface area (Å²) in [5.41, 5.74) is 0.860. The maximum absolute atomic E-state index is 13.6. The van der Waals surface area contributed by atoms with E-state index in [9.17, 15) is 9.18 Å². The Morgan fingerprint density at radius 1 is 1.47 bits per heavy atom. The summed E-state index contributed by atoms with van der Waals surface area (Å²) in [5, 5.41) is 0. The second-order valence-electron chi connectivity index (χ2n) is 3.70. The summed E-state index contributed by atoms with van der Waals surface area (Å²) < 4.78 is 13.6. The largest absolute Gasteiger partial charge is 0.310 e. The third-order valence-electron chi connectivity index (χ3n) is 2.56. The molecule has 0 aliphatic carbocycles. The molecule has 0 radical (unpaired) electrons. The lowest BCUT2D eigenvalue weighted by Gasteiger charge is -2.07. The zero-order chi connectivity index (χ0) is 12.4. The van der Waals surface area contributed by atoms with Crippen LogP contribution in [0.5, 0.6) is 0 Å². The molecule has 0 aliphatic heterocycles. The highest BCUT2D eigenvalue weighted by molar-refractivity contribution is 5.62. The van der Waals surface area contributed by atoms with Gasteiger partial charge in [0, 0.05) is 23.7 Å². The maximum atomic E-state index is 13.6. The maximum Gasteiger partial charge on any atom is 0.254 e. The van der Waals surface area contributed by atoms with Crippen molar-refractivity contribution in [3.05, 3.63) is 46.0 Å². The van der Waals surface area contributed by atoms with Gasteiger partial charge in [-0.1, -0.05) is 6.92 Å². The van der Waals surface area contributed by atoms with Gasteiger partial charge < -0.3 is 4.98 Å². The number of aromatic amines is 1. The van der Waals surface area contributed by atoms with Gasteiger partial charge in [-0.25, -0.2) is 9.37 Å². The molecule has 2 heterocycles. The Bertz CT molecular complexity index is 607. The van der Waals surface area contributed by atoms with Crippen molar-refractivity contribution in [3.63, 3.8) is 0 Å². The minimum Gasteiger partial charge on any atom is -0.310 e. The number of hydrogen-bond acceptors (Lipinski definition) is 3. The number of aryl methyl sites for hydroxylation is 1. The Balaban J connectivity index is 2.71. The number of halogens is 1. The minimum absolute atomic E-state index is 0.233. The normalized spacial score (nSPS) is 10.5. The van der Waals surface area contributed by atoms with Gasteiger partial charge in [-0.05, 0) is 13.0 Å². The first-order valence-electron chi connectivity index (χ1n) is 5.33. The SMILES string of the molecule is CCc1nc(-c2ccncc2F)c(C)c(=O)[nH]1. The quantitative estimate of drug-likeness (QED) is 0.861. The first kappa shape index (κ1) is 11.4. The first-order valence-corrected chi connectivity index (χ1v) is 5.33. The molecule has 0 atom stereocenters. The van der Waals surface area contributed by atoms with E-state index >= 15 is 0 Å². The highest BCUT2D eigenvalue weighted by Gasteiger charge is 2.12. The molecule has 2 rings (SSSR count). The van der Waals surface area contributed by atoms with Gasteiger partial charge in [-0.3, -0.25) is 9.78 Å². The van der Waals surface area contributed by atoms with E-state index in [2.05, 4.69) is 15.0 Å². The molecule has 0 fully saturated rings. The molecule has 2 aromatic rings. The number of nitrogens with one attached hydrogen (secondary N) is 1. The average Bonchev–Trinajstić information content (AvgIpc) is 2.33. The molecule has 0 saturated heterocycles. The monoisotopic (exact) mass is 233 g/mol. The molecule has 0 aliphatic rings. The molecular weight excluding hydrogens is 221 g/mol. The van der Waals surface area contributed by atoms with E-state index in [0.29, 0.717) is 29.1 Å². The second kappa shape index (κ2) is 4.45. The van der Waals surface area contributed by atoms with Gasteiger partial charge in [0.25, 0.3) is 5.56 Å². The van der Waals surface area contributed by atoms with Crippen LogP contribution in [0.3, 0.4) is 0 Å². The van der Waals surface area contributed by atoms with Crippen molar-refractivity contribution >= 4 is 0 Å². The molecule has 5 heteroatoms. The highest BCUT2D eigenvalue weighted by atomic mass is 19.1. The lowest BCUT2D eigenvalue weighted by Crippen LogP contribution is -2.16. The van der Waals surface area contributed by atoms with E-state index in [1.165, 1.54) is 12.3 Å². The van der Waals surface area contributed by atoms with Gasteiger partial charge in [0.2, 0.25) is 0 Å². The van der Waals surface area contributed by atoms with Gasteiger partial charge in [-0.15, -0.1) is 0 Å². The Morgan fingerprint density at radius 2 is 2.24 bits per heavy atom. The predicted octanol–water partition coefficient (Wildman–Crippen LogP) is 1.84. The van der Waals surface area contributed by atoms with Gasteiger partial charge in [0.05, 0.1) is 11.9 Å². The average molecular weight is 233 g/mol. The lowest BCUT2D eigenvalue weighted by atomic mass is 10.1. The number of rotatable bonds is 2. The number of aromatic nitrogens is 3. The first-order chi connectivity index (χ1) is 8.13. The number of H-pyrrole nitrogens is 1. The van der Waals surface area contributed by atoms with Crippen LogP contribution in [0.2, 0.25) is 0 Å². The van der Waals surface area contributed by atoms with E-state index in [4.69, 9.17) is 0 Å². The van der Waals surface area contributed by atoms with Crippen LogP contribution in [-0.4, -0.2) is 15.0 Å². The molecular formula is C12H12FN3O. The molecule has 88 valence electrons. The molecule has 0 spiro atoms. The molecule has 2 aromatic heterocycles. The molecule has 0 saturated carbocycles. The van der Waals surface area contributed by atoms with Gasteiger partial charge >= 0.3 is 0 Å². The number of pyridine rings is 1. The highest BCUT2D eigenvalue weighted by Crippen LogP contribution is 2.21. The molecule has 0 amide bonds. The fraction of sp³-hybridized carbons (Fsp3) is 0.250. The third kappa shape index (κ3) is 2.08. The summed E-state index contributed by atoms with van der Waals surface area (Å²) >= 11 is 0. The third-order valence-corrected chi connectivity index (χ3v) is 2.56. The van der Waals surface area contributed by atoms with Crippen molar-refractivity contribution in [3.8, 4) is 11.3 Å². The van der Waals surface area contributed by atoms with Crippen molar-refractivity contribution in [2.45, 2.75) is 20.3 Å². The molecule has 1 N–H and O–H groups in total. The van der Waals surface area contributed by atoms with Crippen LogP contribution in [0.25, 0.3) is 11.3 Å². The topological polar surface area (TPSA) is 58.6 Å². The van der Waals surface area contributed by atoms with E-state index in [1.807, 2.05) is 6.92 Å². The minimum atomic E-state index is -0.476. The fourth-order valence-electron chi connectivity index (χ4n) is 1.58. The summed E-state index contributed by atoms with van der Waals surface area (Å²) in [6.07, 6.45) is 3.19. The number of nitrogens with zero attached hydrogens (tertiary/aromatic N) is 2. The molecule has 0 bridgehead atoms. The van der Waals surface area contributed by atoms with Crippen molar-refractivity contribution < 1.29 is 4.39 Å². The summed E-state index contributed by atoms with van der Waals surface area (Å²) in [6.45, 7) is 3.50. The summed E-state index contributed by atoms with van der Waals surface area (Å²) in [7, 11) is 0. The van der Waals surface area contributed by atoms with E-state index in [0.717, 1.165) is 6.20 Å². The van der Waals surface area contributed by atoms with Gasteiger partial charge in [0.1, 0.15) is 5.82 Å². The van der Waals surface area contributed by atoms with Crippen molar-refractivity contribution in [2.24, 2.45) is 0 Å². The van der Waals surface area contributed by atoms with Crippen molar-refractivity contribution in [1.82, 2.24) is 15.0 Å². The van der Waals surface area contributed by atoms with Crippen LogP contribution in [0.4, 0.5) is 4.39 Å². The Labute approximate surface area is 97.6 Å². The Kier molecular flexibility index (Phi) is 2.99. The summed E-state index contributed by atoms with van der Waals surface area (Å²) in [5.74, 6) is 0.0718. The number of hydrogen-bond donors (Lipinski definition) is 1. The van der Waals surface area contributed by atoms with E-state index in [-0.39, 0.29) is 5.56 Å². The Morgan fingerprint density at radius 3 is 2.88 bits per heavy atom. The second-order valence-corrected chi connectivity index (χ2v) is 3.70. The van der Waals surface area contributed by atoms with Crippen molar-refractivity contribution in [2.75, 3.05) is 0 Å². The van der Waals surface area contributed by atoms with Crippen molar-refractivity contribution in [1.29, 1.82) is 0 Å². The molecule has 17 heavy (non-hydrogen) atoms. The molecule has 0 aromatic carbocycles.